The number of aliphatic carboxylic acids is 1. The van der Waals surface area contributed by atoms with E-state index in [9.17, 15) is 9.59 Å². The molecule has 0 saturated carbocycles. The van der Waals surface area contributed by atoms with Crippen molar-refractivity contribution in [1.29, 1.82) is 0 Å². The smallest absolute Gasteiger partial charge is 0.305 e. The number of carbonyl (C=O) groups is 1. The largest absolute Gasteiger partial charge is 0.481 e. The van der Waals surface area contributed by atoms with Crippen molar-refractivity contribution in [2.24, 2.45) is 0 Å². The molecule has 6 heteroatoms. The molecule has 5 nitrogen and oxygen atoms in total. The number of fused-ring (bicyclic) bond motifs is 1. The van der Waals surface area contributed by atoms with E-state index in [4.69, 9.17) is 5.11 Å². The highest BCUT2D eigenvalue weighted by Crippen LogP contribution is 2.31. The molecule has 15 heavy (non-hydrogen) atoms. The summed E-state index contributed by atoms with van der Waals surface area (Å²) in [6, 6.07) is -0.262. The Kier molecular flexibility index (Phi) is 2.52. The molecule has 1 atom stereocenters. The van der Waals surface area contributed by atoms with Gasteiger partial charge in [0.25, 0.3) is 5.56 Å². The Morgan fingerprint density at radius 2 is 2.53 bits per heavy atom. The van der Waals surface area contributed by atoms with Crippen molar-refractivity contribution in [2.45, 2.75) is 24.5 Å². The highest BCUT2D eigenvalue weighted by atomic mass is 32.2. The van der Waals surface area contributed by atoms with E-state index in [-0.39, 0.29) is 18.0 Å². The van der Waals surface area contributed by atoms with Crippen LogP contribution in [0.25, 0.3) is 0 Å². The minimum absolute atomic E-state index is 0.0228. The minimum atomic E-state index is -0.887. The topological polar surface area (TPSA) is 72.2 Å². The molecule has 2 heterocycles. The zero-order valence-electron chi connectivity index (χ0n) is 8.14. The van der Waals surface area contributed by atoms with E-state index in [1.54, 1.807) is 6.92 Å². The van der Waals surface area contributed by atoms with Gasteiger partial charge in [-0.15, -0.1) is 0 Å². The Bertz CT molecular complexity index is 469. The van der Waals surface area contributed by atoms with Gasteiger partial charge in [-0.25, -0.2) is 4.98 Å². The van der Waals surface area contributed by atoms with Gasteiger partial charge in [0, 0.05) is 17.5 Å². The summed E-state index contributed by atoms with van der Waals surface area (Å²) in [4.78, 5) is 26.5. The van der Waals surface area contributed by atoms with Gasteiger partial charge < -0.3 is 5.11 Å². The fraction of sp³-hybridized carbons (Fsp3) is 0.444. The zero-order chi connectivity index (χ0) is 11.0. The van der Waals surface area contributed by atoms with Crippen molar-refractivity contribution < 1.29 is 9.90 Å². The fourth-order valence-electron chi connectivity index (χ4n) is 1.57. The Balaban J connectivity index is 2.45. The third-order valence-corrected chi connectivity index (χ3v) is 3.42. The Hall–Kier alpha value is -1.30. The van der Waals surface area contributed by atoms with Crippen molar-refractivity contribution in [3.8, 4) is 0 Å². The lowest BCUT2D eigenvalue weighted by atomic mass is 10.2. The molecule has 0 saturated heterocycles. The second-order valence-corrected chi connectivity index (χ2v) is 4.45. The van der Waals surface area contributed by atoms with Gasteiger partial charge in [-0.2, -0.15) is 0 Å². The van der Waals surface area contributed by atoms with Gasteiger partial charge in [-0.3, -0.25) is 14.2 Å². The van der Waals surface area contributed by atoms with E-state index in [1.807, 2.05) is 0 Å². The van der Waals surface area contributed by atoms with Crippen LogP contribution in [0.3, 0.4) is 0 Å². The van der Waals surface area contributed by atoms with Gasteiger partial charge in [-0.1, -0.05) is 11.8 Å². The molecule has 0 spiro atoms. The van der Waals surface area contributed by atoms with Crippen LogP contribution in [0.2, 0.25) is 0 Å². The lowest BCUT2D eigenvalue weighted by Crippen LogP contribution is -2.27. The summed E-state index contributed by atoms with van der Waals surface area (Å²) in [6.07, 6.45) is 1.51. The first-order valence-corrected chi connectivity index (χ1v) is 5.51. The predicted octanol–water partition coefficient (Wildman–Crippen LogP) is 0.673. The maximum Gasteiger partial charge on any atom is 0.305 e. The molecule has 1 N–H and O–H groups in total. The summed E-state index contributed by atoms with van der Waals surface area (Å²) in [6.45, 7) is 1.68. The first-order chi connectivity index (χ1) is 7.09. The molecule has 1 aromatic rings. The third kappa shape index (κ3) is 1.77. The highest BCUT2D eigenvalue weighted by Gasteiger charge is 2.27. The van der Waals surface area contributed by atoms with Crippen LogP contribution in [0.1, 0.15) is 18.0 Å². The van der Waals surface area contributed by atoms with Crippen LogP contribution in [0.4, 0.5) is 0 Å². The molecule has 1 aliphatic rings. The summed E-state index contributed by atoms with van der Waals surface area (Å²) in [5.74, 6) is -0.278. The number of nitrogens with zero attached hydrogens (tertiary/aromatic N) is 2. The van der Waals surface area contributed by atoms with Crippen LogP contribution in [0.5, 0.6) is 0 Å². The lowest BCUT2D eigenvalue weighted by Gasteiger charge is -2.10. The molecule has 0 radical (unpaired) electrons. The van der Waals surface area contributed by atoms with Gasteiger partial charge in [0.05, 0.1) is 12.5 Å². The Labute approximate surface area is 90.1 Å². The van der Waals surface area contributed by atoms with Crippen LogP contribution in [0, 0.1) is 6.92 Å². The molecule has 0 aliphatic carbocycles. The second-order valence-electron chi connectivity index (χ2n) is 3.46. The number of aryl methyl sites for hydroxylation is 1. The van der Waals surface area contributed by atoms with E-state index in [2.05, 4.69) is 4.98 Å². The summed E-state index contributed by atoms with van der Waals surface area (Å²) >= 11 is 1.43. The van der Waals surface area contributed by atoms with E-state index < -0.39 is 5.97 Å². The molecule has 0 aromatic carbocycles. The van der Waals surface area contributed by atoms with Gasteiger partial charge >= 0.3 is 5.97 Å². The summed E-state index contributed by atoms with van der Waals surface area (Å²) in [5, 5.41) is 9.34. The van der Waals surface area contributed by atoms with Gasteiger partial charge in [0.1, 0.15) is 0 Å². The second kappa shape index (κ2) is 3.69. The zero-order valence-corrected chi connectivity index (χ0v) is 8.95. The Morgan fingerprint density at radius 1 is 1.80 bits per heavy atom. The lowest BCUT2D eigenvalue weighted by molar-refractivity contribution is -0.137. The molecule has 1 aromatic heterocycles. The monoisotopic (exact) mass is 226 g/mol. The molecule has 1 aliphatic heterocycles. The van der Waals surface area contributed by atoms with E-state index >= 15 is 0 Å². The first kappa shape index (κ1) is 10.2. The molecule has 0 bridgehead atoms. The predicted molar refractivity (Wildman–Crippen MR) is 55.2 cm³/mol. The number of thioether (sulfide) groups is 1. The SMILES string of the molecule is Cc1cnc2n(c1=O)[C@@H](CC(=O)O)CS2. The van der Waals surface area contributed by atoms with Crippen molar-refractivity contribution in [3.63, 3.8) is 0 Å². The molecule has 80 valence electrons. The number of hydrogen-bond donors (Lipinski definition) is 1. The molecular formula is C9H10N2O3S. The van der Waals surface area contributed by atoms with Gasteiger partial charge in [-0.05, 0) is 6.92 Å². The number of carboxylic acids is 1. The van der Waals surface area contributed by atoms with Crippen LogP contribution < -0.4 is 5.56 Å². The normalized spacial score (nSPS) is 18.9. The maximum absolute atomic E-state index is 11.8. The van der Waals surface area contributed by atoms with Crippen molar-refractivity contribution in [1.82, 2.24) is 9.55 Å². The molecule has 0 unspecified atom stereocenters. The number of carboxylic acid groups (broad SMARTS) is 1. The standard InChI is InChI=1S/C9H10N2O3S/c1-5-3-10-9-11(8(5)14)6(4-15-9)2-7(12)13/h3,6H,2,4H2,1H3,(H,12,13)/t6-/m0/s1. The molecule has 2 rings (SSSR count). The fourth-order valence-corrected chi connectivity index (χ4v) is 2.68. The molecule has 0 amide bonds. The van der Waals surface area contributed by atoms with Crippen LogP contribution in [-0.4, -0.2) is 26.4 Å². The minimum Gasteiger partial charge on any atom is -0.481 e. The Morgan fingerprint density at radius 3 is 3.20 bits per heavy atom. The number of hydrogen-bond acceptors (Lipinski definition) is 4. The van der Waals surface area contributed by atoms with Crippen molar-refractivity contribution >= 4 is 17.7 Å². The summed E-state index contributed by atoms with van der Waals surface area (Å²) in [7, 11) is 0. The van der Waals surface area contributed by atoms with Crippen LogP contribution in [0.15, 0.2) is 16.1 Å². The van der Waals surface area contributed by atoms with Gasteiger partial charge in [0.2, 0.25) is 0 Å². The van der Waals surface area contributed by atoms with E-state index in [0.717, 1.165) is 0 Å². The van der Waals surface area contributed by atoms with Crippen LogP contribution in [-0.2, 0) is 4.79 Å². The van der Waals surface area contributed by atoms with Gasteiger partial charge in [0.15, 0.2) is 5.16 Å². The van der Waals surface area contributed by atoms with Crippen molar-refractivity contribution in [3.05, 3.63) is 22.1 Å². The first-order valence-electron chi connectivity index (χ1n) is 4.52. The summed E-state index contributed by atoms with van der Waals surface area (Å²) < 4.78 is 1.49. The van der Waals surface area contributed by atoms with Crippen molar-refractivity contribution in [2.75, 3.05) is 5.75 Å². The van der Waals surface area contributed by atoms with E-state index in [0.29, 0.717) is 16.5 Å². The molecule has 0 fully saturated rings. The third-order valence-electron chi connectivity index (χ3n) is 2.31. The maximum atomic E-state index is 11.8. The highest BCUT2D eigenvalue weighted by molar-refractivity contribution is 7.99. The number of rotatable bonds is 2. The summed E-state index contributed by atoms with van der Waals surface area (Å²) in [5.41, 5.74) is 0.424. The molecular weight excluding hydrogens is 216 g/mol. The average Bonchev–Trinajstić information content (AvgIpc) is 2.55. The quantitative estimate of drug-likeness (QED) is 0.750. The average molecular weight is 226 g/mol. The van der Waals surface area contributed by atoms with Crippen LogP contribution >= 0.6 is 11.8 Å². The number of aromatic nitrogens is 2. The van der Waals surface area contributed by atoms with E-state index in [1.165, 1.54) is 22.5 Å².